The first kappa shape index (κ1) is 12.1. The number of halogens is 2. The molecule has 0 heterocycles. The topological polar surface area (TPSA) is 26.0 Å². The van der Waals surface area contributed by atoms with Gasteiger partial charge in [-0.3, -0.25) is 0 Å². The predicted octanol–water partition coefficient (Wildman–Crippen LogP) is 3.84. The number of hydrogen-bond donors (Lipinski definition) is 1. The Kier molecular flexibility index (Phi) is 3.46. The molecule has 0 saturated carbocycles. The summed E-state index contributed by atoms with van der Waals surface area (Å²) in [5.74, 6) is -0.260. The fourth-order valence-corrected chi connectivity index (χ4v) is 1.98. The molecule has 17 heavy (non-hydrogen) atoms. The average Bonchev–Trinajstić information content (AvgIpc) is 2.32. The number of rotatable bonds is 2. The summed E-state index contributed by atoms with van der Waals surface area (Å²) in [6, 6.07) is 11.5. The molecule has 2 aromatic rings. The van der Waals surface area contributed by atoms with Crippen LogP contribution in [0.15, 0.2) is 42.5 Å². The molecule has 0 aliphatic heterocycles. The van der Waals surface area contributed by atoms with Gasteiger partial charge >= 0.3 is 0 Å². The second-order valence-corrected chi connectivity index (χ2v) is 4.47. The fourth-order valence-electron chi connectivity index (χ4n) is 1.80. The molecular formula is C14H13ClFN. The van der Waals surface area contributed by atoms with Crippen molar-refractivity contribution in [3.05, 3.63) is 70.0 Å². The van der Waals surface area contributed by atoms with Crippen LogP contribution in [0.2, 0.25) is 5.02 Å². The van der Waals surface area contributed by atoms with Gasteiger partial charge in [-0.25, -0.2) is 4.39 Å². The van der Waals surface area contributed by atoms with Crippen molar-refractivity contribution in [2.45, 2.75) is 13.0 Å². The van der Waals surface area contributed by atoms with Gasteiger partial charge in [0.2, 0.25) is 0 Å². The quantitative estimate of drug-likeness (QED) is 0.860. The molecule has 1 unspecified atom stereocenters. The van der Waals surface area contributed by atoms with Gasteiger partial charge in [0.05, 0.1) is 6.04 Å². The van der Waals surface area contributed by atoms with Gasteiger partial charge in [-0.05, 0) is 47.9 Å². The molecule has 0 radical (unpaired) electrons. The first-order chi connectivity index (χ1) is 8.08. The van der Waals surface area contributed by atoms with E-state index in [1.165, 1.54) is 12.1 Å². The van der Waals surface area contributed by atoms with E-state index in [1.807, 2.05) is 25.1 Å². The lowest BCUT2D eigenvalue weighted by atomic mass is 9.96. The molecule has 1 atom stereocenters. The van der Waals surface area contributed by atoms with E-state index in [2.05, 4.69) is 0 Å². The average molecular weight is 250 g/mol. The Morgan fingerprint density at radius 1 is 1.12 bits per heavy atom. The highest BCUT2D eigenvalue weighted by atomic mass is 35.5. The maximum atomic E-state index is 12.8. The molecule has 3 heteroatoms. The summed E-state index contributed by atoms with van der Waals surface area (Å²) in [4.78, 5) is 0. The zero-order valence-corrected chi connectivity index (χ0v) is 10.2. The van der Waals surface area contributed by atoms with E-state index in [1.54, 1.807) is 12.1 Å². The first-order valence-corrected chi connectivity index (χ1v) is 5.73. The molecule has 0 saturated heterocycles. The largest absolute Gasteiger partial charge is 0.320 e. The van der Waals surface area contributed by atoms with Gasteiger partial charge in [0.25, 0.3) is 0 Å². The summed E-state index contributed by atoms with van der Waals surface area (Å²) in [7, 11) is 0. The van der Waals surface area contributed by atoms with Gasteiger partial charge in [0, 0.05) is 5.02 Å². The van der Waals surface area contributed by atoms with Crippen LogP contribution >= 0.6 is 11.6 Å². The standard InChI is InChI=1S/C14H13ClFN/c1-9-2-5-11(15)8-13(9)14(17)10-3-6-12(16)7-4-10/h2-8,14H,17H2,1H3. The molecule has 1 nitrogen and oxygen atoms in total. The third-order valence-electron chi connectivity index (χ3n) is 2.81. The normalized spacial score (nSPS) is 12.5. The first-order valence-electron chi connectivity index (χ1n) is 5.35. The minimum atomic E-state index is -0.283. The molecular weight excluding hydrogens is 237 g/mol. The molecule has 0 aliphatic carbocycles. The molecule has 0 bridgehead atoms. The van der Waals surface area contributed by atoms with Crippen molar-refractivity contribution in [3.63, 3.8) is 0 Å². The van der Waals surface area contributed by atoms with Gasteiger partial charge in [0.15, 0.2) is 0 Å². The van der Waals surface area contributed by atoms with Crippen molar-refractivity contribution in [2.24, 2.45) is 5.73 Å². The Morgan fingerprint density at radius 2 is 1.76 bits per heavy atom. The van der Waals surface area contributed by atoms with E-state index >= 15 is 0 Å². The third kappa shape index (κ3) is 2.65. The van der Waals surface area contributed by atoms with Gasteiger partial charge in [-0.2, -0.15) is 0 Å². The van der Waals surface area contributed by atoms with Crippen molar-refractivity contribution in [1.29, 1.82) is 0 Å². The maximum absolute atomic E-state index is 12.8. The minimum absolute atomic E-state index is 0.260. The van der Waals surface area contributed by atoms with E-state index in [0.29, 0.717) is 5.02 Å². The van der Waals surface area contributed by atoms with Crippen LogP contribution in [0.1, 0.15) is 22.7 Å². The van der Waals surface area contributed by atoms with Crippen LogP contribution < -0.4 is 5.73 Å². The monoisotopic (exact) mass is 249 g/mol. The van der Waals surface area contributed by atoms with E-state index in [4.69, 9.17) is 17.3 Å². The smallest absolute Gasteiger partial charge is 0.123 e. The Hall–Kier alpha value is -1.38. The third-order valence-corrected chi connectivity index (χ3v) is 3.04. The van der Waals surface area contributed by atoms with Crippen molar-refractivity contribution in [2.75, 3.05) is 0 Å². The molecule has 2 N–H and O–H groups in total. The number of aryl methyl sites for hydroxylation is 1. The molecule has 0 aliphatic rings. The van der Waals surface area contributed by atoms with Gasteiger partial charge in [-0.15, -0.1) is 0 Å². The molecule has 0 amide bonds. The molecule has 2 rings (SSSR count). The Labute approximate surface area is 105 Å². The summed E-state index contributed by atoms with van der Waals surface area (Å²) >= 11 is 5.96. The van der Waals surface area contributed by atoms with E-state index in [0.717, 1.165) is 16.7 Å². The lowest BCUT2D eigenvalue weighted by Gasteiger charge is -2.15. The molecule has 0 spiro atoms. The minimum Gasteiger partial charge on any atom is -0.320 e. The van der Waals surface area contributed by atoms with Crippen molar-refractivity contribution in [1.82, 2.24) is 0 Å². The second kappa shape index (κ2) is 4.86. The fraction of sp³-hybridized carbons (Fsp3) is 0.143. The summed E-state index contributed by atoms with van der Waals surface area (Å²) in [6.45, 7) is 1.98. The lowest BCUT2D eigenvalue weighted by Crippen LogP contribution is -2.13. The molecule has 0 aromatic heterocycles. The predicted molar refractivity (Wildman–Crippen MR) is 68.6 cm³/mol. The van der Waals surface area contributed by atoms with Crippen LogP contribution in [-0.4, -0.2) is 0 Å². The molecule has 2 aromatic carbocycles. The number of nitrogens with two attached hydrogens (primary N) is 1. The van der Waals surface area contributed by atoms with E-state index < -0.39 is 0 Å². The van der Waals surface area contributed by atoms with Crippen LogP contribution in [0.25, 0.3) is 0 Å². The SMILES string of the molecule is Cc1ccc(Cl)cc1C(N)c1ccc(F)cc1. The Balaban J connectivity index is 2.39. The summed E-state index contributed by atoms with van der Waals surface area (Å²) in [6.07, 6.45) is 0. The molecule has 88 valence electrons. The highest BCUT2D eigenvalue weighted by Gasteiger charge is 2.11. The molecule has 0 fully saturated rings. The van der Waals surface area contributed by atoms with Crippen molar-refractivity contribution < 1.29 is 4.39 Å². The number of hydrogen-bond acceptors (Lipinski definition) is 1. The second-order valence-electron chi connectivity index (χ2n) is 4.03. The Bertz CT molecular complexity index is 522. The van der Waals surface area contributed by atoms with Gasteiger partial charge in [0.1, 0.15) is 5.82 Å². The van der Waals surface area contributed by atoms with Crippen LogP contribution in [0.4, 0.5) is 4.39 Å². The van der Waals surface area contributed by atoms with Crippen molar-refractivity contribution >= 4 is 11.6 Å². The maximum Gasteiger partial charge on any atom is 0.123 e. The van der Waals surface area contributed by atoms with Gasteiger partial charge in [-0.1, -0.05) is 29.8 Å². The van der Waals surface area contributed by atoms with E-state index in [-0.39, 0.29) is 11.9 Å². The van der Waals surface area contributed by atoms with Crippen LogP contribution in [0.5, 0.6) is 0 Å². The summed E-state index contributed by atoms with van der Waals surface area (Å²) in [5, 5.41) is 0.656. The number of benzene rings is 2. The van der Waals surface area contributed by atoms with E-state index in [9.17, 15) is 4.39 Å². The Morgan fingerprint density at radius 3 is 2.41 bits per heavy atom. The zero-order chi connectivity index (χ0) is 12.4. The van der Waals surface area contributed by atoms with Gasteiger partial charge < -0.3 is 5.73 Å². The summed E-state index contributed by atoms with van der Waals surface area (Å²) < 4.78 is 12.8. The lowest BCUT2D eigenvalue weighted by molar-refractivity contribution is 0.626. The van der Waals surface area contributed by atoms with Crippen LogP contribution in [0.3, 0.4) is 0 Å². The highest BCUT2D eigenvalue weighted by molar-refractivity contribution is 6.30. The van der Waals surface area contributed by atoms with Crippen LogP contribution in [-0.2, 0) is 0 Å². The zero-order valence-electron chi connectivity index (χ0n) is 9.45. The van der Waals surface area contributed by atoms with Crippen molar-refractivity contribution in [3.8, 4) is 0 Å². The van der Waals surface area contributed by atoms with Crippen LogP contribution in [0, 0.1) is 12.7 Å². The summed E-state index contributed by atoms with van der Waals surface area (Å²) in [5.41, 5.74) is 9.06. The highest BCUT2D eigenvalue weighted by Crippen LogP contribution is 2.25.